The highest BCUT2D eigenvalue weighted by Gasteiger charge is 2.15. The highest BCUT2D eigenvalue weighted by Crippen LogP contribution is 2.29. The standard InChI is InChI=1S/C21H18N4OS2/c1-15-13-27-20(23-15)24-19(26)14-28-21-22-12-18(16-8-4-2-5-9-16)25(21)17-10-6-3-7-11-17/h2-13H,14H2,1H3,(H,23,24,26). The van der Waals surface area contributed by atoms with E-state index in [1.807, 2.05) is 67.0 Å². The number of imidazole rings is 1. The Morgan fingerprint density at radius 1 is 1.11 bits per heavy atom. The van der Waals surface area contributed by atoms with Crippen molar-refractivity contribution in [3.63, 3.8) is 0 Å². The zero-order valence-electron chi connectivity index (χ0n) is 15.2. The molecule has 28 heavy (non-hydrogen) atoms. The molecule has 2 aromatic heterocycles. The van der Waals surface area contributed by atoms with E-state index in [1.165, 1.54) is 23.1 Å². The number of amides is 1. The number of thioether (sulfide) groups is 1. The second kappa shape index (κ2) is 8.41. The molecule has 0 saturated heterocycles. The van der Waals surface area contributed by atoms with Gasteiger partial charge >= 0.3 is 0 Å². The van der Waals surface area contributed by atoms with Crippen molar-refractivity contribution in [2.24, 2.45) is 0 Å². The smallest absolute Gasteiger partial charge is 0.236 e. The van der Waals surface area contributed by atoms with E-state index in [0.29, 0.717) is 5.13 Å². The van der Waals surface area contributed by atoms with Crippen LogP contribution in [0.3, 0.4) is 0 Å². The van der Waals surface area contributed by atoms with Crippen molar-refractivity contribution in [3.8, 4) is 16.9 Å². The van der Waals surface area contributed by atoms with E-state index >= 15 is 0 Å². The molecule has 140 valence electrons. The molecule has 2 heterocycles. The third kappa shape index (κ3) is 4.16. The van der Waals surface area contributed by atoms with Crippen molar-refractivity contribution in [3.05, 3.63) is 77.9 Å². The molecule has 0 aliphatic rings. The Hall–Kier alpha value is -2.90. The first-order valence-corrected chi connectivity index (χ1v) is 10.6. The van der Waals surface area contributed by atoms with Crippen LogP contribution < -0.4 is 5.32 Å². The summed E-state index contributed by atoms with van der Waals surface area (Å²) >= 11 is 2.84. The molecule has 0 unspecified atom stereocenters. The highest BCUT2D eigenvalue weighted by atomic mass is 32.2. The summed E-state index contributed by atoms with van der Waals surface area (Å²) in [5.74, 6) is 0.166. The van der Waals surface area contributed by atoms with Gasteiger partial charge in [0.15, 0.2) is 10.3 Å². The number of carbonyl (C=O) groups is 1. The summed E-state index contributed by atoms with van der Waals surface area (Å²) in [4.78, 5) is 21.2. The van der Waals surface area contributed by atoms with Gasteiger partial charge in [-0.05, 0) is 19.1 Å². The van der Waals surface area contributed by atoms with Gasteiger partial charge in [-0.15, -0.1) is 11.3 Å². The predicted octanol–water partition coefficient (Wildman–Crippen LogP) is 5.04. The lowest BCUT2D eigenvalue weighted by Crippen LogP contribution is -2.14. The first-order chi connectivity index (χ1) is 13.7. The van der Waals surface area contributed by atoms with E-state index in [1.54, 1.807) is 0 Å². The average Bonchev–Trinajstić information content (AvgIpc) is 3.33. The van der Waals surface area contributed by atoms with E-state index < -0.39 is 0 Å². The van der Waals surface area contributed by atoms with Crippen LogP contribution >= 0.6 is 23.1 Å². The monoisotopic (exact) mass is 406 g/mol. The molecule has 0 saturated carbocycles. The topological polar surface area (TPSA) is 59.8 Å². The first-order valence-electron chi connectivity index (χ1n) is 8.74. The lowest BCUT2D eigenvalue weighted by molar-refractivity contribution is -0.113. The van der Waals surface area contributed by atoms with Crippen LogP contribution in [0.5, 0.6) is 0 Å². The number of para-hydroxylation sites is 1. The molecule has 0 radical (unpaired) electrons. The molecular formula is C21H18N4OS2. The van der Waals surface area contributed by atoms with Gasteiger partial charge < -0.3 is 5.32 Å². The zero-order valence-corrected chi connectivity index (χ0v) is 16.8. The maximum absolute atomic E-state index is 12.3. The third-order valence-corrected chi connectivity index (χ3v) is 5.84. The minimum Gasteiger partial charge on any atom is -0.301 e. The number of aromatic nitrogens is 3. The summed E-state index contributed by atoms with van der Waals surface area (Å²) in [5, 5.41) is 6.15. The lowest BCUT2D eigenvalue weighted by Gasteiger charge is -2.12. The van der Waals surface area contributed by atoms with Crippen molar-refractivity contribution in [1.82, 2.24) is 14.5 Å². The van der Waals surface area contributed by atoms with Gasteiger partial charge in [-0.1, -0.05) is 60.3 Å². The Morgan fingerprint density at radius 3 is 2.50 bits per heavy atom. The predicted molar refractivity (Wildman–Crippen MR) is 115 cm³/mol. The maximum atomic E-state index is 12.3. The van der Waals surface area contributed by atoms with Crippen LogP contribution in [0.2, 0.25) is 0 Å². The highest BCUT2D eigenvalue weighted by molar-refractivity contribution is 7.99. The number of nitrogens with one attached hydrogen (secondary N) is 1. The van der Waals surface area contributed by atoms with Gasteiger partial charge in [0.2, 0.25) is 5.91 Å². The second-order valence-corrected chi connectivity index (χ2v) is 7.89. The molecule has 0 aliphatic carbocycles. The summed E-state index contributed by atoms with van der Waals surface area (Å²) in [6.45, 7) is 1.91. The van der Waals surface area contributed by atoms with Crippen LogP contribution in [0.4, 0.5) is 5.13 Å². The Morgan fingerprint density at radius 2 is 1.82 bits per heavy atom. The number of hydrogen-bond donors (Lipinski definition) is 1. The van der Waals surface area contributed by atoms with Crippen LogP contribution in [-0.4, -0.2) is 26.2 Å². The van der Waals surface area contributed by atoms with E-state index in [9.17, 15) is 4.79 Å². The molecule has 4 rings (SSSR count). The van der Waals surface area contributed by atoms with Gasteiger partial charge in [0.05, 0.1) is 23.3 Å². The summed E-state index contributed by atoms with van der Waals surface area (Å²) in [6.07, 6.45) is 1.85. The van der Waals surface area contributed by atoms with Gasteiger partial charge in [0, 0.05) is 16.6 Å². The first kappa shape index (κ1) is 18.5. The van der Waals surface area contributed by atoms with Crippen LogP contribution in [0.15, 0.2) is 77.4 Å². The van der Waals surface area contributed by atoms with Crippen LogP contribution in [0.25, 0.3) is 16.9 Å². The van der Waals surface area contributed by atoms with Gasteiger partial charge in [0.1, 0.15) is 0 Å². The van der Waals surface area contributed by atoms with Crippen molar-refractivity contribution in [2.75, 3.05) is 11.1 Å². The second-order valence-electron chi connectivity index (χ2n) is 6.09. The van der Waals surface area contributed by atoms with Gasteiger partial charge in [-0.2, -0.15) is 0 Å². The maximum Gasteiger partial charge on any atom is 0.236 e. The van der Waals surface area contributed by atoms with Crippen LogP contribution in [0.1, 0.15) is 5.69 Å². The number of hydrogen-bond acceptors (Lipinski definition) is 5. The fourth-order valence-corrected chi connectivity index (χ4v) is 4.27. The number of benzene rings is 2. The van der Waals surface area contributed by atoms with Crippen molar-refractivity contribution >= 4 is 34.1 Å². The van der Waals surface area contributed by atoms with Crippen molar-refractivity contribution in [1.29, 1.82) is 0 Å². The minimum atomic E-state index is -0.0942. The quantitative estimate of drug-likeness (QED) is 0.456. The Bertz CT molecular complexity index is 1070. The molecule has 0 spiro atoms. The number of carbonyl (C=O) groups excluding carboxylic acids is 1. The van der Waals surface area contributed by atoms with E-state index in [2.05, 4.69) is 32.0 Å². The zero-order chi connectivity index (χ0) is 19.3. The number of thiazole rings is 1. The van der Waals surface area contributed by atoms with E-state index in [0.717, 1.165) is 27.8 Å². The Kier molecular flexibility index (Phi) is 5.55. The fraction of sp³-hybridized carbons (Fsp3) is 0.0952. The fourth-order valence-electron chi connectivity index (χ4n) is 2.77. The molecule has 2 aromatic carbocycles. The summed E-state index contributed by atoms with van der Waals surface area (Å²) in [6, 6.07) is 20.2. The van der Waals surface area contributed by atoms with Gasteiger partial charge in [-0.3, -0.25) is 9.36 Å². The molecule has 0 aliphatic heterocycles. The number of nitrogens with zero attached hydrogens (tertiary/aromatic N) is 3. The lowest BCUT2D eigenvalue weighted by atomic mass is 10.1. The van der Waals surface area contributed by atoms with Crippen LogP contribution in [0, 0.1) is 6.92 Å². The molecule has 7 heteroatoms. The third-order valence-electron chi connectivity index (χ3n) is 4.01. The largest absolute Gasteiger partial charge is 0.301 e. The normalized spacial score (nSPS) is 10.8. The average molecular weight is 407 g/mol. The molecule has 1 amide bonds. The number of anilines is 1. The van der Waals surface area contributed by atoms with E-state index in [4.69, 9.17) is 0 Å². The van der Waals surface area contributed by atoms with Crippen molar-refractivity contribution in [2.45, 2.75) is 12.1 Å². The molecule has 1 N–H and O–H groups in total. The van der Waals surface area contributed by atoms with Gasteiger partial charge in [-0.25, -0.2) is 9.97 Å². The van der Waals surface area contributed by atoms with Crippen LogP contribution in [-0.2, 0) is 4.79 Å². The molecule has 0 atom stereocenters. The summed E-state index contributed by atoms with van der Waals surface area (Å²) in [7, 11) is 0. The van der Waals surface area contributed by atoms with Crippen molar-refractivity contribution < 1.29 is 4.79 Å². The summed E-state index contributed by atoms with van der Waals surface area (Å²) < 4.78 is 2.08. The number of aryl methyl sites for hydroxylation is 1. The minimum absolute atomic E-state index is 0.0942. The SMILES string of the molecule is Cc1csc(NC(=O)CSc2ncc(-c3ccccc3)n2-c2ccccc2)n1. The summed E-state index contributed by atoms with van der Waals surface area (Å²) in [5.41, 5.74) is 3.98. The number of rotatable bonds is 6. The molecule has 0 bridgehead atoms. The van der Waals surface area contributed by atoms with Gasteiger partial charge in [0.25, 0.3) is 0 Å². The Balaban J connectivity index is 1.58. The molecule has 4 aromatic rings. The molecule has 5 nitrogen and oxygen atoms in total. The van der Waals surface area contributed by atoms with E-state index in [-0.39, 0.29) is 11.7 Å². The Labute approximate surface area is 171 Å². The molecular weight excluding hydrogens is 388 g/mol. The molecule has 0 fully saturated rings.